The molecule has 4 rings (SSSR count). The first kappa shape index (κ1) is 23.9. The summed E-state index contributed by atoms with van der Waals surface area (Å²) in [6.07, 6.45) is 1.08. The highest BCUT2D eigenvalue weighted by molar-refractivity contribution is 6.12. The van der Waals surface area contributed by atoms with Crippen molar-refractivity contribution in [1.29, 1.82) is 0 Å². The molecule has 1 fully saturated rings. The molecule has 2 aliphatic rings. The molecule has 34 heavy (non-hydrogen) atoms. The zero-order valence-electron chi connectivity index (χ0n) is 20.2. The van der Waals surface area contributed by atoms with Crippen molar-refractivity contribution in [3.05, 3.63) is 76.5 Å². The van der Waals surface area contributed by atoms with E-state index in [1.165, 1.54) is 0 Å². The Morgan fingerprint density at radius 3 is 2.24 bits per heavy atom. The van der Waals surface area contributed by atoms with Crippen molar-refractivity contribution in [3.8, 4) is 5.75 Å². The number of fused-ring (bicyclic) bond motifs is 1. The van der Waals surface area contributed by atoms with E-state index < -0.39 is 17.8 Å². The number of nitrogens with zero attached hydrogens (tertiary/aromatic N) is 1. The fourth-order valence-electron chi connectivity index (χ4n) is 4.98. The van der Waals surface area contributed by atoms with E-state index in [1.807, 2.05) is 62.4 Å². The molecule has 0 spiro atoms. The lowest BCUT2D eigenvalue weighted by Crippen LogP contribution is -2.41. The first-order chi connectivity index (χ1) is 16.4. The molecule has 178 valence electrons. The van der Waals surface area contributed by atoms with Gasteiger partial charge in [-0.15, -0.1) is 0 Å². The van der Waals surface area contributed by atoms with Gasteiger partial charge < -0.3 is 14.2 Å². The number of hydrogen-bond acceptors (Lipinski definition) is 6. The van der Waals surface area contributed by atoms with Crippen LogP contribution in [-0.4, -0.2) is 44.9 Å². The van der Waals surface area contributed by atoms with Gasteiger partial charge in [0.2, 0.25) is 0 Å². The summed E-state index contributed by atoms with van der Waals surface area (Å²) in [7, 11) is 3.20. The van der Waals surface area contributed by atoms with Crippen molar-refractivity contribution in [1.82, 2.24) is 0 Å². The van der Waals surface area contributed by atoms with Gasteiger partial charge in [0.05, 0.1) is 25.2 Å². The zero-order valence-corrected chi connectivity index (χ0v) is 20.2. The van der Waals surface area contributed by atoms with Crippen molar-refractivity contribution in [2.75, 3.05) is 27.4 Å². The molecule has 0 amide bonds. The van der Waals surface area contributed by atoms with E-state index in [4.69, 9.17) is 19.2 Å². The summed E-state index contributed by atoms with van der Waals surface area (Å²) in [6.45, 7) is 4.32. The second-order valence-electron chi connectivity index (χ2n) is 8.94. The Balaban J connectivity index is 1.72. The van der Waals surface area contributed by atoms with Crippen LogP contribution in [0.5, 0.6) is 5.75 Å². The average molecular weight is 462 g/mol. The number of rotatable bonds is 7. The topological polar surface area (TPSA) is 74.2 Å². The fourth-order valence-corrected chi connectivity index (χ4v) is 4.98. The quantitative estimate of drug-likeness (QED) is 0.439. The van der Waals surface area contributed by atoms with Crippen LogP contribution in [0.2, 0.25) is 0 Å². The highest BCUT2D eigenvalue weighted by atomic mass is 16.6. The molecule has 0 bridgehead atoms. The lowest BCUT2D eigenvalue weighted by Gasteiger charge is -2.38. The van der Waals surface area contributed by atoms with Gasteiger partial charge in [0.1, 0.15) is 18.1 Å². The number of ketones is 1. The zero-order chi connectivity index (χ0) is 24.2. The van der Waals surface area contributed by atoms with Crippen molar-refractivity contribution >= 4 is 17.5 Å². The summed E-state index contributed by atoms with van der Waals surface area (Å²) < 4.78 is 15.8. The number of aryl methyl sites for hydroxylation is 1. The lowest BCUT2D eigenvalue weighted by atomic mass is 9.66. The predicted molar refractivity (Wildman–Crippen MR) is 130 cm³/mol. The summed E-state index contributed by atoms with van der Waals surface area (Å²) in [4.78, 5) is 31.6. The van der Waals surface area contributed by atoms with E-state index in [-0.39, 0.29) is 18.3 Å². The molecule has 6 nitrogen and oxygen atoms in total. The second-order valence-corrected chi connectivity index (χ2v) is 8.94. The van der Waals surface area contributed by atoms with E-state index in [9.17, 15) is 9.59 Å². The van der Waals surface area contributed by atoms with Crippen LogP contribution in [0.25, 0.3) is 0 Å². The van der Waals surface area contributed by atoms with E-state index in [0.717, 1.165) is 28.2 Å². The third-order valence-electron chi connectivity index (χ3n) is 6.72. The van der Waals surface area contributed by atoms with Crippen molar-refractivity contribution in [3.63, 3.8) is 0 Å². The van der Waals surface area contributed by atoms with Crippen molar-refractivity contribution in [2.24, 2.45) is 10.9 Å². The van der Waals surface area contributed by atoms with Crippen LogP contribution >= 0.6 is 0 Å². The Morgan fingerprint density at radius 2 is 1.59 bits per heavy atom. The van der Waals surface area contributed by atoms with Gasteiger partial charge in [-0.25, -0.2) is 4.79 Å². The summed E-state index contributed by atoms with van der Waals surface area (Å²) in [5, 5.41) is 0. The number of aliphatic imine (C=N–C) groups is 1. The molecule has 6 heteroatoms. The number of carbonyl (C=O) groups excluding carboxylic acids is 2. The number of Topliss-reactive ketones (excluding diaryl/α,β-unsaturated/α-hetero) is 1. The maximum Gasteiger partial charge on any atom is 0.336 e. The monoisotopic (exact) mass is 461 g/mol. The summed E-state index contributed by atoms with van der Waals surface area (Å²) in [6, 6.07) is 15.9. The van der Waals surface area contributed by atoms with Crippen LogP contribution in [0.15, 0.2) is 64.8 Å². The maximum atomic E-state index is 13.6. The fraction of sp³-hybridized carbons (Fsp3) is 0.393. The molecule has 2 aromatic rings. The van der Waals surface area contributed by atoms with Gasteiger partial charge in [-0.3, -0.25) is 9.79 Å². The van der Waals surface area contributed by atoms with Gasteiger partial charge in [-0.2, -0.15) is 0 Å². The Hall–Kier alpha value is -3.25. The number of methoxy groups -OCH3 is 2. The van der Waals surface area contributed by atoms with E-state index in [1.54, 1.807) is 14.2 Å². The van der Waals surface area contributed by atoms with Crippen LogP contribution < -0.4 is 4.74 Å². The van der Waals surface area contributed by atoms with Crippen LogP contribution in [-0.2, 0) is 19.1 Å². The van der Waals surface area contributed by atoms with Crippen molar-refractivity contribution in [2.45, 2.75) is 38.5 Å². The van der Waals surface area contributed by atoms with E-state index in [0.29, 0.717) is 30.7 Å². The minimum Gasteiger partial charge on any atom is -0.497 e. The van der Waals surface area contributed by atoms with Crippen LogP contribution in [0.4, 0.5) is 0 Å². The molecule has 2 aromatic carbocycles. The molecule has 1 heterocycles. The van der Waals surface area contributed by atoms with E-state index >= 15 is 0 Å². The van der Waals surface area contributed by atoms with Gasteiger partial charge in [0.15, 0.2) is 0 Å². The molecule has 3 atom stereocenters. The summed E-state index contributed by atoms with van der Waals surface area (Å²) >= 11 is 0. The number of benzene rings is 2. The van der Waals surface area contributed by atoms with Gasteiger partial charge in [-0.1, -0.05) is 42.0 Å². The normalized spacial score (nSPS) is 22.2. The Labute approximate surface area is 200 Å². The highest BCUT2D eigenvalue weighted by Crippen LogP contribution is 2.46. The number of hydrogen-bond donors (Lipinski definition) is 0. The standard InChI is InChI=1S/C28H31NO5/c1-17-5-7-20(8-6-17)26-25(28(31)34-14-13-32-3)18(2)29-23-15-21(16-24(30)27(23)26)19-9-11-22(33-4)12-10-19/h5-12,21,26-27H,13-16H2,1-4H3/t21-,26-,27?/m1/s1. The maximum absolute atomic E-state index is 13.6. The Morgan fingerprint density at radius 1 is 0.912 bits per heavy atom. The lowest BCUT2D eigenvalue weighted by molar-refractivity contribution is -0.140. The van der Waals surface area contributed by atoms with Gasteiger partial charge in [0.25, 0.3) is 0 Å². The molecular weight excluding hydrogens is 430 g/mol. The molecule has 1 saturated carbocycles. The molecular formula is C28H31NO5. The Kier molecular flexibility index (Phi) is 7.27. The van der Waals surface area contributed by atoms with Crippen LogP contribution in [0, 0.1) is 12.8 Å². The number of carbonyl (C=O) groups is 2. The predicted octanol–water partition coefficient (Wildman–Crippen LogP) is 4.77. The smallest absolute Gasteiger partial charge is 0.336 e. The number of esters is 1. The number of allylic oxidation sites excluding steroid dienone is 1. The highest BCUT2D eigenvalue weighted by Gasteiger charge is 2.46. The third-order valence-corrected chi connectivity index (χ3v) is 6.72. The molecule has 0 N–H and O–H groups in total. The minimum atomic E-state index is -0.467. The Bertz CT molecular complexity index is 1110. The molecule has 1 aliphatic heterocycles. The van der Waals surface area contributed by atoms with Gasteiger partial charge in [-0.05, 0) is 49.4 Å². The summed E-state index contributed by atoms with van der Waals surface area (Å²) in [5.41, 5.74) is 5.06. The second kappa shape index (κ2) is 10.3. The molecule has 1 aliphatic carbocycles. The largest absolute Gasteiger partial charge is 0.497 e. The average Bonchev–Trinajstić information content (AvgIpc) is 2.83. The number of ether oxygens (including phenoxy) is 3. The first-order valence-electron chi connectivity index (χ1n) is 11.6. The van der Waals surface area contributed by atoms with Crippen molar-refractivity contribution < 1.29 is 23.8 Å². The SMILES string of the molecule is COCCOC(=O)C1=C(C)N=C2C[C@@H](c3ccc(OC)cc3)CC(=O)C2[C@@H]1c1ccc(C)cc1. The molecule has 1 unspecified atom stereocenters. The van der Waals surface area contributed by atoms with Gasteiger partial charge in [0, 0.05) is 30.9 Å². The van der Waals surface area contributed by atoms with Crippen LogP contribution in [0.1, 0.15) is 48.3 Å². The molecule has 0 radical (unpaired) electrons. The van der Waals surface area contributed by atoms with E-state index in [2.05, 4.69) is 0 Å². The first-order valence-corrected chi connectivity index (χ1v) is 11.6. The van der Waals surface area contributed by atoms with Gasteiger partial charge >= 0.3 is 5.97 Å². The van der Waals surface area contributed by atoms with Crippen LogP contribution in [0.3, 0.4) is 0 Å². The molecule has 0 aromatic heterocycles. The third kappa shape index (κ3) is 4.82. The molecule has 0 saturated heterocycles. The minimum absolute atomic E-state index is 0.0510. The summed E-state index contributed by atoms with van der Waals surface area (Å²) in [5.74, 6) is -0.374.